The van der Waals surface area contributed by atoms with Gasteiger partial charge in [-0.3, -0.25) is 4.98 Å². The van der Waals surface area contributed by atoms with E-state index in [1.54, 1.807) is 6.20 Å². The molecule has 0 bridgehead atoms. The smallest absolute Gasteiger partial charge is 0.110 e. The quantitative estimate of drug-likeness (QED) is 0.771. The zero-order chi connectivity index (χ0) is 10.3. The Morgan fingerprint density at radius 2 is 2.33 bits per heavy atom. The van der Waals surface area contributed by atoms with Crippen LogP contribution in [0.2, 0.25) is 0 Å². The largest absolute Gasteiger partial charge is 0.340 e. The second-order valence-electron chi connectivity index (χ2n) is 4.22. The molecule has 2 aromatic rings. The van der Waals surface area contributed by atoms with E-state index in [9.17, 15) is 0 Å². The molecule has 0 saturated carbocycles. The molecular formula is C11H14N4. The molecule has 1 saturated heterocycles. The number of imidazole rings is 1. The number of nitrogens with one attached hydrogen (secondary N) is 2. The number of H-pyrrole nitrogens is 1. The summed E-state index contributed by atoms with van der Waals surface area (Å²) in [6.45, 7) is 4.45. The summed E-state index contributed by atoms with van der Waals surface area (Å²) in [5.41, 5.74) is 2.05. The van der Waals surface area contributed by atoms with Gasteiger partial charge in [0.1, 0.15) is 5.82 Å². The molecule has 3 rings (SSSR count). The summed E-state index contributed by atoms with van der Waals surface area (Å²) in [7, 11) is 0. The molecule has 0 amide bonds. The highest BCUT2D eigenvalue weighted by atomic mass is 15.0. The fraction of sp³-hybridized carbons (Fsp3) is 0.455. The molecule has 0 aliphatic carbocycles. The maximum absolute atomic E-state index is 4.59. The van der Waals surface area contributed by atoms with Crippen molar-refractivity contribution in [3.05, 3.63) is 24.3 Å². The summed E-state index contributed by atoms with van der Waals surface area (Å²) in [6, 6.07) is 1.95. The topological polar surface area (TPSA) is 53.6 Å². The minimum absolute atomic E-state index is 0.499. The van der Waals surface area contributed by atoms with Crippen LogP contribution in [0.4, 0.5) is 0 Å². The van der Waals surface area contributed by atoms with Crippen LogP contribution in [0.1, 0.15) is 18.7 Å². The molecule has 3 heterocycles. The van der Waals surface area contributed by atoms with E-state index in [0.717, 1.165) is 35.9 Å². The lowest BCUT2D eigenvalue weighted by Crippen LogP contribution is -2.44. The molecule has 4 heteroatoms. The lowest BCUT2D eigenvalue weighted by Gasteiger charge is -2.31. The third-order valence-electron chi connectivity index (χ3n) is 3.25. The minimum Gasteiger partial charge on any atom is -0.340 e. The summed E-state index contributed by atoms with van der Waals surface area (Å²) in [5, 5.41) is 3.29. The zero-order valence-corrected chi connectivity index (χ0v) is 8.70. The molecule has 15 heavy (non-hydrogen) atoms. The molecule has 1 fully saturated rings. The van der Waals surface area contributed by atoms with Gasteiger partial charge < -0.3 is 10.3 Å². The first-order chi connectivity index (χ1) is 7.34. The van der Waals surface area contributed by atoms with Gasteiger partial charge in [0.05, 0.1) is 17.2 Å². The van der Waals surface area contributed by atoms with Gasteiger partial charge in [0.15, 0.2) is 0 Å². The number of nitrogens with zero attached hydrogens (tertiary/aromatic N) is 2. The van der Waals surface area contributed by atoms with E-state index < -0.39 is 0 Å². The number of hydrogen-bond acceptors (Lipinski definition) is 3. The summed E-state index contributed by atoms with van der Waals surface area (Å²) in [5.74, 6) is 2.31. The molecule has 2 aromatic heterocycles. The van der Waals surface area contributed by atoms with Crippen molar-refractivity contribution in [1.82, 2.24) is 20.3 Å². The minimum atomic E-state index is 0.499. The van der Waals surface area contributed by atoms with Gasteiger partial charge in [0.25, 0.3) is 0 Å². The van der Waals surface area contributed by atoms with Crippen LogP contribution in [0.3, 0.4) is 0 Å². The van der Waals surface area contributed by atoms with Crippen molar-refractivity contribution in [2.75, 3.05) is 13.1 Å². The van der Waals surface area contributed by atoms with Crippen LogP contribution in [0.5, 0.6) is 0 Å². The number of rotatable bonds is 2. The summed E-state index contributed by atoms with van der Waals surface area (Å²) in [4.78, 5) is 12.0. The highest BCUT2D eigenvalue weighted by Crippen LogP contribution is 2.26. The van der Waals surface area contributed by atoms with Crippen LogP contribution >= 0.6 is 0 Å². The van der Waals surface area contributed by atoms with E-state index in [-0.39, 0.29) is 0 Å². The molecule has 1 aliphatic rings. The Kier molecular flexibility index (Phi) is 1.95. The average molecular weight is 202 g/mol. The zero-order valence-electron chi connectivity index (χ0n) is 8.70. The number of aromatic amines is 1. The molecule has 0 radical (unpaired) electrons. The van der Waals surface area contributed by atoms with E-state index in [2.05, 4.69) is 27.2 Å². The van der Waals surface area contributed by atoms with E-state index in [4.69, 9.17) is 0 Å². The van der Waals surface area contributed by atoms with Crippen LogP contribution in [0.15, 0.2) is 18.5 Å². The maximum Gasteiger partial charge on any atom is 0.110 e. The van der Waals surface area contributed by atoms with Gasteiger partial charge in [-0.25, -0.2) is 4.98 Å². The second-order valence-corrected chi connectivity index (χ2v) is 4.22. The maximum atomic E-state index is 4.59. The Labute approximate surface area is 88.1 Å². The first-order valence-corrected chi connectivity index (χ1v) is 5.35. The number of hydrogen-bond donors (Lipinski definition) is 2. The molecule has 0 aromatic carbocycles. The van der Waals surface area contributed by atoms with Gasteiger partial charge in [-0.15, -0.1) is 0 Å². The summed E-state index contributed by atoms with van der Waals surface area (Å²) < 4.78 is 0. The number of fused-ring (bicyclic) bond motifs is 1. The fourth-order valence-electron chi connectivity index (χ4n) is 1.98. The predicted molar refractivity (Wildman–Crippen MR) is 58.7 cm³/mol. The van der Waals surface area contributed by atoms with E-state index in [0.29, 0.717) is 5.92 Å². The van der Waals surface area contributed by atoms with Crippen LogP contribution in [0.25, 0.3) is 11.0 Å². The van der Waals surface area contributed by atoms with Crippen molar-refractivity contribution in [2.45, 2.75) is 12.8 Å². The lowest BCUT2D eigenvalue weighted by molar-refractivity contribution is 0.297. The monoisotopic (exact) mass is 202 g/mol. The molecule has 1 atom stereocenters. The third kappa shape index (κ3) is 1.41. The van der Waals surface area contributed by atoms with Crippen molar-refractivity contribution >= 4 is 11.0 Å². The number of pyridine rings is 1. The SMILES string of the molecule is CC(c1nc2ccncc2[nH]1)C1CNC1. The molecule has 0 spiro atoms. The highest BCUT2D eigenvalue weighted by molar-refractivity contribution is 5.73. The molecule has 78 valence electrons. The fourth-order valence-corrected chi connectivity index (χ4v) is 1.98. The van der Waals surface area contributed by atoms with Crippen LogP contribution < -0.4 is 5.32 Å². The summed E-state index contributed by atoms with van der Waals surface area (Å²) in [6.07, 6.45) is 3.61. The van der Waals surface area contributed by atoms with E-state index in [1.165, 1.54) is 0 Å². The van der Waals surface area contributed by atoms with Gasteiger partial charge in [-0.05, 0) is 25.1 Å². The van der Waals surface area contributed by atoms with Crippen molar-refractivity contribution < 1.29 is 0 Å². The van der Waals surface area contributed by atoms with Crippen LogP contribution in [-0.2, 0) is 0 Å². The summed E-state index contributed by atoms with van der Waals surface area (Å²) >= 11 is 0. The van der Waals surface area contributed by atoms with Crippen LogP contribution in [0, 0.1) is 5.92 Å². The van der Waals surface area contributed by atoms with E-state index >= 15 is 0 Å². The first-order valence-electron chi connectivity index (χ1n) is 5.35. The molecule has 1 aliphatic heterocycles. The highest BCUT2D eigenvalue weighted by Gasteiger charge is 2.26. The standard InChI is InChI=1S/C11H14N4/c1-7(8-4-13-5-8)11-14-9-2-3-12-6-10(9)15-11/h2-3,6-8,13H,4-5H2,1H3,(H,14,15). The van der Waals surface area contributed by atoms with Crippen molar-refractivity contribution in [3.63, 3.8) is 0 Å². The Bertz CT molecular complexity index is 439. The molecule has 2 N–H and O–H groups in total. The lowest BCUT2D eigenvalue weighted by atomic mass is 9.88. The van der Waals surface area contributed by atoms with Gasteiger partial charge in [0, 0.05) is 12.1 Å². The van der Waals surface area contributed by atoms with Crippen LogP contribution in [-0.4, -0.2) is 28.0 Å². The van der Waals surface area contributed by atoms with Crippen molar-refractivity contribution in [2.24, 2.45) is 5.92 Å². The molecular weight excluding hydrogens is 188 g/mol. The van der Waals surface area contributed by atoms with Crippen molar-refractivity contribution in [1.29, 1.82) is 0 Å². The third-order valence-corrected chi connectivity index (χ3v) is 3.25. The van der Waals surface area contributed by atoms with Crippen molar-refractivity contribution in [3.8, 4) is 0 Å². The van der Waals surface area contributed by atoms with Gasteiger partial charge in [-0.1, -0.05) is 6.92 Å². The Hall–Kier alpha value is -1.42. The van der Waals surface area contributed by atoms with Gasteiger partial charge >= 0.3 is 0 Å². The first kappa shape index (κ1) is 8.85. The molecule has 4 nitrogen and oxygen atoms in total. The van der Waals surface area contributed by atoms with Gasteiger partial charge in [-0.2, -0.15) is 0 Å². The van der Waals surface area contributed by atoms with E-state index in [1.807, 2.05) is 12.3 Å². The average Bonchev–Trinajstić information content (AvgIpc) is 2.58. The second kappa shape index (κ2) is 3.31. The molecule has 1 unspecified atom stereocenters. The Morgan fingerprint density at radius 1 is 1.47 bits per heavy atom. The Morgan fingerprint density at radius 3 is 3.00 bits per heavy atom. The predicted octanol–water partition coefficient (Wildman–Crippen LogP) is 1.28. The van der Waals surface area contributed by atoms with Gasteiger partial charge in [0.2, 0.25) is 0 Å². The normalized spacial score (nSPS) is 19.0. The number of aromatic nitrogens is 3. The Balaban J connectivity index is 1.96.